The number of pyridine rings is 2. The fourth-order valence-electron chi connectivity index (χ4n) is 1.87. The Balaban J connectivity index is 2.19. The first-order valence-corrected chi connectivity index (χ1v) is 6.41. The molecule has 106 valence electrons. The molecule has 0 aliphatic heterocycles. The third-order valence-corrected chi connectivity index (χ3v) is 2.91. The lowest BCUT2D eigenvalue weighted by Gasteiger charge is -2.22. The van der Waals surface area contributed by atoms with E-state index in [4.69, 9.17) is 10.4 Å². The van der Waals surface area contributed by atoms with Gasteiger partial charge < -0.3 is 10.0 Å². The number of rotatable bonds is 6. The maximum atomic E-state index is 10.8. The van der Waals surface area contributed by atoms with Crippen molar-refractivity contribution in [2.24, 2.45) is 0 Å². The molecule has 0 radical (unpaired) electrons. The summed E-state index contributed by atoms with van der Waals surface area (Å²) in [6.45, 7) is 1.08. The van der Waals surface area contributed by atoms with Crippen molar-refractivity contribution in [2.45, 2.75) is 13.0 Å². The lowest BCUT2D eigenvalue weighted by molar-refractivity contribution is 0.0696. The van der Waals surface area contributed by atoms with E-state index in [2.05, 4.69) is 16.0 Å². The summed E-state index contributed by atoms with van der Waals surface area (Å²) in [5, 5.41) is 17.6. The van der Waals surface area contributed by atoms with Gasteiger partial charge in [0, 0.05) is 31.7 Å². The summed E-state index contributed by atoms with van der Waals surface area (Å²) in [5.74, 6) is -0.371. The van der Waals surface area contributed by atoms with E-state index in [9.17, 15) is 4.79 Å². The van der Waals surface area contributed by atoms with Crippen LogP contribution in [-0.4, -0.2) is 27.6 Å². The second-order valence-electron chi connectivity index (χ2n) is 4.40. The predicted molar refractivity (Wildman–Crippen MR) is 76.7 cm³/mol. The molecule has 0 aliphatic rings. The molecule has 0 amide bonds. The van der Waals surface area contributed by atoms with Crippen LogP contribution in [0.15, 0.2) is 42.9 Å². The van der Waals surface area contributed by atoms with Gasteiger partial charge in [0.2, 0.25) is 0 Å². The Kier molecular flexibility index (Phi) is 4.83. The molecule has 2 heterocycles. The van der Waals surface area contributed by atoms with E-state index < -0.39 is 5.97 Å². The summed E-state index contributed by atoms with van der Waals surface area (Å²) >= 11 is 0. The summed E-state index contributed by atoms with van der Waals surface area (Å²) in [6.07, 6.45) is 5.14. The monoisotopic (exact) mass is 282 g/mol. The number of nitrogens with zero attached hydrogens (tertiary/aromatic N) is 4. The van der Waals surface area contributed by atoms with Crippen molar-refractivity contribution in [2.75, 3.05) is 11.4 Å². The number of hydrogen-bond acceptors (Lipinski definition) is 5. The van der Waals surface area contributed by atoms with Crippen LogP contribution in [0, 0.1) is 11.3 Å². The number of carbonyl (C=O) groups is 1. The number of aromatic carboxylic acids is 1. The highest BCUT2D eigenvalue weighted by atomic mass is 16.4. The maximum Gasteiger partial charge on any atom is 0.337 e. The molecule has 2 aromatic rings. The molecule has 0 fully saturated rings. The van der Waals surface area contributed by atoms with Crippen molar-refractivity contribution in [3.63, 3.8) is 0 Å². The number of anilines is 1. The van der Waals surface area contributed by atoms with Crippen LogP contribution in [0.2, 0.25) is 0 Å². The summed E-state index contributed by atoms with van der Waals surface area (Å²) in [4.78, 5) is 21.0. The second kappa shape index (κ2) is 7.01. The molecular weight excluding hydrogens is 268 g/mol. The van der Waals surface area contributed by atoms with Crippen molar-refractivity contribution in [3.8, 4) is 6.07 Å². The van der Waals surface area contributed by atoms with Gasteiger partial charge in [-0.25, -0.2) is 9.78 Å². The minimum Gasteiger partial charge on any atom is -0.478 e. The fourth-order valence-corrected chi connectivity index (χ4v) is 1.87. The lowest BCUT2D eigenvalue weighted by atomic mass is 10.2. The van der Waals surface area contributed by atoms with Gasteiger partial charge in [-0.1, -0.05) is 6.07 Å². The van der Waals surface area contributed by atoms with Crippen molar-refractivity contribution < 1.29 is 9.90 Å². The van der Waals surface area contributed by atoms with Gasteiger partial charge in [0.05, 0.1) is 18.1 Å². The van der Waals surface area contributed by atoms with E-state index in [1.54, 1.807) is 18.5 Å². The van der Waals surface area contributed by atoms with E-state index in [1.165, 1.54) is 12.3 Å². The molecular formula is C15H14N4O2. The lowest BCUT2D eigenvalue weighted by Crippen LogP contribution is -2.24. The van der Waals surface area contributed by atoms with Crippen LogP contribution in [0.3, 0.4) is 0 Å². The van der Waals surface area contributed by atoms with Crippen LogP contribution in [0.5, 0.6) is 0 Å². The number of aromatic nitrogens is 2. The number of hydrogen-bond donors (Lipinski definition) is 1. The number of nitriles is 1. The van der Waals surface area contributed by atoms with Crippen LogP contribution in [0.1, 0.15) is 22.3 Å². The summed E-state index contributed by atoms with van der Waals surface area (Å²) in [5.41, 5.74) is 1.14. The summed E-state index contributed by atoms with van der Waals surface area (Å²) < 4.78 is 0. The molecule has 1 N–H and O–H groups in total. The zero-order valence-electron chi connectivity index (χ0n) is 11.3. The number of carboxylic acids is 1. The molecule has 2 rings (SSSR count). The van der Waals surface area contributed by atoms with E-state index >= 15 is 0 Å². The maximum absolute atomic E-state index is 10.8. The molecule has 0 aliphatic carbocycles. The highest BCUT2D eigenvalue weighted by Crippen LogP contribution is 2.15. The molecule has 21 heavy (non-hydrogen) atoms. The second-order valence-corrected chi connectivity index (χ2v) is 4.40. The zero-order valence-corrected chi connectivity index (χ0v) is 11.3. The molecule has 6 heteroatoms. The van der Waals surface area contributed by atoms with Crippen molar-refractivity contribution in [1.29, 1.82) is 5.26 Å². The smallest absolute Gasteiger partial charge is 0.337 e. The average molecular weight is 282 g/mol. The van der Waals surface area contributed by atoms with Gasteiger partial charge in [0.15, 0.2) is 0 Å². The minimum atomic E-state index is -1.01. The standard InChI is InChI=1S/C15H14N4O2/c16-6-2-8-19(11-12-3-1-7-17-9-12)14-5-4-13(10-18-14)15(20)21/h1,3-5,7,9-10H,2,8,11H2,(H,20,21). The van der Waals surface area contributed by atoms with Crippen LogP contribution >= 0.6 is 0 Å². The molecule has 0 unspecified atom stereocenters. The molecule has 0 atom stereocenters. The largest absolute Gasteiger partial charge is 0.478 e. The topological polar surface area (TPSA) is 90.1 Å². The first kappa shape index (κ1) is 14.5. The minimum absolute atomic E-state index is 0.139. The highest BCUT2D eigenvalue weighted by molar-refractivity contribution is 5.87. The van der Waals surface area contributed by atoms with E-state index in [0.717, 1.165) is 5.56 Å². The number of carboxylic acid groups (broad SMARTS) is 1. The quantitative estimate of drug-likeness (QED) is 0.872. The highest BCUT2D eigenvalue weighted by Gasteiger charge is 2.10. The zero-order chi connectivity index (χ0) is 15.1. The SMILES string of the molecule is N#CCCN(Cc1cccnc1)c1ccc(C(=O)O)cn1. The van der Waals surface area contributed by atoms with Gasteiger partial charge >= 0.3 is 5.97 Å². The Morgan fingerprint density at radius 3 is 2.76 bits per heavy atom. The molecule has 0 saturated heterocycles. The third kappa shape index (κ3) is 4.01. The third-order valence-electron chi connectivity index (χ3n) is 2.91. The predicted octanol–water partition coefficient (Wildman–Crippen LogP) is 2.10. The molecule has 2 aromatic heterocycles. The van der Waals surface area contributed by atoms with Crippen LogP contribution in [0.4, 0.5) is 5.82 Å². The Hall–Kier alpha value is -2.94. The van der Waals surface area contributed by atoms with Crippen LogP contribution in [-0.2, 0) is 6.54 Å². The van der Waals surface area contributed by atoms with Gasteiger partial charge in [0.1, 0.15) is 5.82 Å². The normalized spacial score (nSPS) is 9.86. The summed E-state index contributed by atoms with van der Waals surface area (Å²) in [6, 6.07) is 9.05. The summed E-state index contributed by atoms with van der Waals surface area (Å²) in [7, 11) is 0. The molecule has 0 bridgehead atoms. The Morgan fingerprint density at radius 1 is 1.33 bits per heavy atom. The van der Waals surface area contributed by atoms with Crippen molar-refractivity contribution >= 4 is 11.8 Å². The first-order valence-electron chi connectivity index (χ1n) is 6.41. The molecule has 6 nitrogen and oxygen atoms in total. The Labute approximate surface area is 122 Å². The van der Waals surface area contributed by atoms with E-state index in [0.29, 0.717) is 25.3 Å². The Morgan fingerprint density at radius 2 is 2.19 bits per heavy atom. The fraction of sp³-hybridized carbons (Fsp3) is 0.200. The van der Waals surface area contributed by atoms with Crippen molar-refractivity contribution in [1.82, 2.24) is 9.97 Å². The van der Waals surface area contributed by atoms with Gasteiger partial charge in [-0.05, 0) is 23.8 Å². The molecule has 0 spiro atoms. The molecule has 0 aromatic carbocycles. The average Bonchev–Trinajstić information content (AvgIpc) is 2.52. The van der Waals surface area contributed by atoms with Crippen molar-refractivity contribution in [3.05, 3.63) is 54.0 Å². The van der Waals surface area contributed by atoms with E-state index in [-0.39, 0.29) is 5.56 Å². The molecule has 0 saturated carbocycles. The van der Waals surface area contributed by atoms with Crippen LogP contribution in [0.25, 0.3) is 0 Å². The van der Waals surface area contributed by atoms with Crippen LogP contribution < -0.4 is 4.90 Å². The van der Waals surface area contributed by atoms with Gasteiger partial charge in [0.25, 0.3) is 0 Å². The van der Waals surface area contributed by atoms with Gasteiger partial charge in [-0.2, -0.15) is 5.26 Å². The van der Waals surface area contributed by atoms with E-state index in [1.807, 2.05) is 17.0 Å². The first-order chi connectivity index (χ1) is 10.2. The Bertz CT molecular complexity index is 635. The van der Waals surface area contributed by atoms with Gasteiger partial charge in [-0.3, -0.25) is 4.98 Å². The van der Waals surface area contributed by atoms with Gasteiger partial charge in [-0.15, -0.1) is 0 Å².